The Morgan fingerprint density at radius 2 is 1.88 bits per heavy atom. The highest BCUT2D eigenvalue weighted by Gasteiger charge is 2.10. The molecule has 0 spiro atoms. The second-order valence-electron chi connectivity index (χ2n) is 5.24. The van der Waals surface area contributed by atoms with Gasteiger partial charge in [0.2, 0.25) is 5.91 Å². The molecule has 0 aliphatic carbocycles. The lowest BCUT2D eigenvalue weighted by molar-refractivity contribution is -0.121. The summed E-state index contributed by atoms with van der Waals surface area (Å²) in [5.41, 5.74) is 1.17. The smallest absolute Gasteiger partial charge is 0.262 e. The number of para-hydroxylation sites is 1. The number of rotatable bonds is 4. The molecule has 2 N–H and O–H groups in total. The average molecular weight is 360 g/mol. The Morgan fingerprint density at radius 3 is 2.67 bits per heavy atom. The molecule has 3 aromatic rings. The maximum absolute atomic E-state index is 12.5. The SMILES string of the molecule is O=C(Cn1c(=S)[nH]c2ccccc2c1=O)NCc1ccccc1Cl. The molecule has 2 aromatic carbocycles. The van der Waals surface area contributed by atoms with Crippen molar-refractivity contribution in [3.63, 3.8) is 0 Å². The van der Waals surface area contributed by atoms with E-state index in [2.05, 4.69) is 10.3 Å². The maximum atomic E-state index is 12.5. The first-order chi connectivity index (χ1) is 11.6. The van der Waals surface area contributed by atoms with Crippen molar-refractivity contribution in [1.29, 1.82) is 0 Å². The molecular weight excluding hydrogens is 346 g/mol. The number of carbonyl (C=O) groups excluding carboxylic acids is 1. The predicted octanol–water partition coefficient (Wildman–Crippen LogP) is 3.03. The fraction of sp³-hybridized carbons (Fsp3) is 0.118. The zero-order chi connectivity index (χ0) is 17.1. The summed E-state index contributed by atoms with van der Waals surface area (Å²) in [5, 5.41) is 3.82. The first-order valence-electron chi connectivity index (χ1n) is 7.28. The largest absolute Gasteiger partial charge is 0.350 e. The fourth-order valence-electron chi connectivity index (χ4n) is 2.38. The van der Waals surface area contributed by atoms with Crippen molar-refractivity contribution in [1.82, 2.24) is 14.9 Å². The van der Waals surface area contributed by atoms with Gasteiger partial charge >= 0.3 is 0 Å². The van der Waals surface area contributed by atoms with E-state index < -0.39 is 0 Å². The highest BCUT2D eigenvalue weighted by molar-refractivity contribution is 7.71. The van der Waals surface area contributed by atoms with Crippen LogP contribution in [0.4, 0.5) is 0 Å². The third-order valence-corrected chi connectivity index (χ3v) is 4.32. The molecule has 3 rings (SSSR count). The average Bonchev–Trinajstić information content (AvgIpc) is 2.58. The number of fused-ring (bicyclic) bond motifs is 1. The van der Waals surface area contributed by atoms with Gasteiger partial charge in [0.25, 0.3) is 5.56 Å². The Balaban J connectivity index is 1.80. The van der Waals surface area contributed by atoms with Crippen LogP contribution in [0, 0.1) is 4.77 Å². The molecular formula is C17H14ClN3O2S. The van der Waals surface area contributed by atoms with Gasteiger partial charge in [-0.05, 0) is 36.0 Å². The number of nitrogens with zero attached hydrogens (tertiary/aromatic N) is 1. The molecule has 0 fully saturated rings. The molecule has 0 bridgehead atoms. The van der Waals surface area contributed by atoms with Gasteiger partial charge in [0.15, 0.2) is 4.77 Å². The fourth-order valence-corrected chi connectivity index (χ4v) is 2.84. The van der Waals surface area contributed by atoms with E-state index in [4.69, 9.17) is 23.8 Å². The van der Waals surface area contributed by atoms with Gasteiger partial charge in [-0.2, -0.15) is 0 Å². The molecule has 1 amide bonds. The summed E-state index contributed by atoms with van der Waals surface area (Å²) in [6.45, 7) is 0.140. The van der Waals surface area contributed by atoms with Gasteiger partial charge in [0.1, 0.15) is 6.54 Å². The summed E-state index contributed by atoms with van der Waals surface area (Å²) >= 11 is 11.2. The van der Waals surface area contributed by atoms with Crippen LogP contribution in [0.3, 0.4) is 0 Å². The van der Waals surface area contributed by atoms with E-state index in [0.29, 0.717) is 15.9 Å². The van der Waals surface area contributed by atoms with Crippen molar-refractivity contribution in [2.75, 3.05) is 0 Å². The van der Waals surface area contributed by atoms with Crippen molar-refractivity contribution in [2.45, 2.75) is 13.1 Å². The Kier molecular flexibility index (Phi) is 4.78. The molecule has 24 heavy (non-hydrogen) atoms. The van der Waals surface area contributed by atoms with Gasteiger partial charge < -0.3 is 10.3 Å². The van der Waals surface area contributed by atoms with Gasteiger partial charge in [0, 0.05) is 11.6 Å². The van der Waals surface area contributed by atoms with Gasteiger partial charge in [-0.25, -0.2) is 0 Å². The minimum Gasteiger partial charge on any atom is -0.350 e. The topological polar surface area (TPSA) is 66.9 Å². The number of hydrogen-bond donors (Lipinski definition) is 2. The predicted molar refractivity (Wildman–Crippen MR) is 96.7 cm³/mol. The van der Waals surface area contributed by atoms with Crippen LogP contribution in [0.2, 0.25) is 5.02 Å². The summed E-state index contributed by atoms with van der Waals surface area (Å²) in [4.78, 5) is 27.6. The minimum atomic E-state index is -0.313. The Labute approximate surface area is 147 Å². The zero-order valence-electron chi connectivity index (χ0n) is 12.6. The van der Waals surface area contributed by atoms with Crippen LogP contribution in [-0.2, 0) is 17.9 Å². The molecule has 1 heterocycles. The summed E-state index contributed by atoms with van der Waals surface area (Å²) in [6, 6.07) is 14.3. The molecule has 0 aliphatic heterocycles. The molecule has 0 atom stereocenters. The standard InChI is InChI=1S/C17H14ClN3O2S/c18-13-7-3-1-5-11(13)9-19-15(22)10-21-16(23)12-6-2-4-8-14(12)20-17(21)24/h1-8H,9-10H2,(H,19,22)(H,20,24). The van der Waals surface area contributed by atoms with E-state index in [1.54, 1.807) is 24.3 Å². The van der Waals surface area contributed by atoms with E-state index in [-0.39, 0.29) is 29.3 Å². The Bertz CT molecular complexity index is 1030. The molecule has 122 valence electrons. The quantitative estimate of drug-likeness (QED) is 0.704. The van der Waals surface area contributed by atoms with E-state index in [0.717, 1.165) is 5.56 Å². The van der Waals surface area contributed by atoms with E-state index in [1.807, 2.05) is 24.3 Å². The number of aromatic nitrogens is 2. The number of aromatic amines is 1. The number of halogens is 1. The lowest BCUT2D eigenvalue weighted by atomic mass is 10.2. The first-order valence-corrected chi connectivity index (χ1v) is 8.07. The van der Waals surface area contributed by atoms with Crippen molar-refractivity contribution < 1.29 is 4.79 Å². The van der Waals surface area contributed by atoms with Crippen molar-refractivity contribution in [3.8, 4) is 0 Å². The summed E-state index contributed by atoms with van der Waals surface area (Å²) < 4.78 is 1.46. The Hall–Kier alpha value is -2.44. The molecule has 0 aliphatic rings. The van der Waals surface area contributed by atoms with Crippen molar-refractivity contribution >= 4 is 40.6 Å². The zero-order valence-corrected chi connectivity index (χ0v) is 14.2. The van der Waals surface area contributed by atoms with Crippen LogP contribution in [0.1, 0.15) is 5.56 Å². The van der Waals surface area contributed by atoms with Gasteiger partial charge in [-0.15, -0.1) is 0 Å². The van der Waals surface area contributed by atoms with Crippen LogP contribution in [-0.4, -0.2) is 15.5 Å². The monoisotopic (exact) mass is 359 g/mol. The molecule has 0 unspecified atom stereocenters. The van der Waals surface area contributed by atoms with Crippen molar-refractivity contribution in [3.05, 3.63) is 74.2 Å². The van der Waals surface area contributed by atoms with Crippen LogP contribution >= 0.6 is 23.8 Å². The Morgan fingerprint density at radius 1 is 1.17 bits per heavy atom. The van der Waals surface area contributed by atoms with Crippen molar-refractivity contribution in [2.24, 2.45) is 0 Å². The number of amides is 1. The maximum Gasteiger partial charge on any atom is 0.262 e. The van der Waals surface area contributed by atoms with Crippen LogP contribution in [0.5, 0.6) is 0 Å². The number of carbonyl (C=O) groups is 1. The lowest BCUT2D eigenvalue weighted by Crippen LogP contribution is -2.33. The molecule has 5 nitrogen and oxygen atoms in total. The third kappa shape index (κ3) is 3.39. The minimum absolute atomic E-state index is 0.149. The number of nitrogens with one attached hydrogen (secondary N) is 2. The van der Waals surface area contributed by atoms with Crippen LogP contribution in [0.25, 0.3) is 10.9 Å². The highest BCUT2D eigenvalue weighted by atomic mass is 35.5. The van der Waals surface area contributed by atoms with Gasteiger partial charge in [0.05, 0.1) is 10.9 Å². The molecule has 0 saturated heterocycles. The number of benzene rings is 2. The van der Waals surface area contributed by atoms with Gasteiger partial charge in [-0.3, -0.25) is 14.2 Å². The van der Waals surface area contributed by atoms with E-state index >= 15 is 0 Å². The first kappa shape index (κ1) is 16.4. The third-order valence-electron chi connectivity index (χ3n) is 3.62. The summed E-state index contributed by atoms with van der Waals surface area (Å²) in [7, 11) is 0. The second kappa shape index (κ2) is 6.98. The highest BCUT2D eigenvalue weighted by Crippen LogP contribution is 2.14. The number of hydrogen-bond acceptors (Lipinski definition) is 3. The van der Waals surface area contributed by atoms with Crippen LogP contribution < -0.4 is 10.9 Å². The number of H-pyrrole nitrogens is 1. The molecule has 0 saturated carbocycles. The second-order valence-corrected chi connectivity index (χ2v) is 6.03. The molecule has 1 aromatic heterocycles. The van der Waals surface area contributed by atoms with E-state index in [9.17, 15) is 9.59 Å². The van der Waals surface area contributed by atoms with Gasteiger partial charge in [-0.1, -0.05) is 41.9 Å². The molecule has 0 radical (unpaired) electrons. The summed E-state index contributed by atoms with van der Waals surface area (Å²) in [5.74, 6) is -0.313. The lowest BCUT2D eigenvalue weighted by Gasteiger charge is -2.09. The normalized spacial score (nSPS) is 10.7. The summed E-state index contributed by atoms with van der Waals surface area (Å²) in [6.07, 6.45) is 0. The van der Waals surface area contributed by atoms with E-state index in [1.165, 1.54) is 4.57 Å². The van der Waals surface area contributed by atoms with Crippen LogP contribution in [0.15, 0.2) is 53.3 Å². The molecule has 7 heteroatoms.